The lowest BCUT2D eigenvalue weighted by atomic mass is 10.0. The van der Waals surface area contributed by atoms with E-state index in [1.807, 2.05) is 30.3 Å². The van der Waals surface area contributed by atoms with Crippen molar-refractivity contribution in [3.05, 3.63) is 99.3 Å². The van der Waals surface area contributed by atoms with Gasteiger partial charge in [-0.2, -0.15) is 0 Å². The minimum Gasteiger partial charge on any atom is -0.484 e. The minimum absolute atomic E-state index is 0.208. The molecule has 1 aromatic heterocycles. The highest BCUT2D eigenvalue weighted by atomic mass is 35.5. The predicted octanol–water partition coefficient (Wildman–Crippen LogP) is 7.17. The molecule has 0 saturated heterocycles. The average molecular weight is 569 g/mol. The van der Waals surface area contributed by atoms with Crippen LogP contribution >= 0.6 is 34.5 Å². The Morgan fingerprint density at radius 2 is 1.66 bits per heavy atom. The number of amides is 2. The van der Waals surface area contributed by atoms with Crippen LogP contribution in [0, 0.1) is 0 Å². The van der Waals surface area contributed by atoms with E-state index in [1.54, 1.807) is 54.8 Å². The van der Waals surface area contributed by atoms with Crippen molar-refractivity contribution in [1.29, 1.82) is 0 Å². The number of carbonyl (C=O) groups excluding carboxylic acids is 3. The van der Waals surface area contributed by atoms with Gasteiger partial charge >= 0.3 is 5.97 Å². The predicted molar refractivity (Wildman–Crippen MR) is 151 cm³/mol. The summed E-state index contributed by atoms with van der Waals surface area (Å²) in [6, 6.07) is 20.4. The highest BCUT2D eigenvalue weighted by molar-refractivity contribution is 7.15. The van der Waals surface area contributed by atoms with Gasteiger partial charge in [0.05, 0.1) is 17.3 Å². The number of ether oxygens (including phenoxy) is 2. The Balaban J connectivity index is 1.39. The lowest BCUT2D eigenvalue weighted by Crippen LogP contribution is -2.21. The molecule has 0 fully saturated rings. The molecule has 0 aliphatic rings. The summed E-state index contributed by atoms with van der Waals surface area (Å²) < 4.78 is 10.8. The van der Waals surface area contributed by atoms with E-state index in [2.05, 4.69) is 10.6 Å². The molecule has 2 N–H and O–H groups in total. The fraction of sp³-hybridized carbons (Fsp3) is 0.107. The van der Waals surface area contributed by atoms with Gasteiger partial charge in [0.2, 0.25) is 0 Å². The van der Waals surface area contributed by atoms with Gasteiger partial charge in [-0.25, -0.2) is 4.79 Å². The summed E-state index contributed by atoms with van der Waals surface area (Å²) in [6.45, 7) is 1.63. The van der Waals surface area contributed by atoms with Crippen molar-refractivity contribution < 1.29 is 23.9 Å². The maximum Gasteiger partial charge on any atom is 0.341 e. The van der Waals surface area contributed by atoms with Crippen LogP contribution in [0.5, 0.6) is 5.75 Å². The van der Waals surface area contributed by atoms with E-state index >= 15 is 0 Å². The molecule has 0 bridgehead atoms. The summed E-state index contributed by atoms with van der Waals surface area (Å²) in [5.41, 5.74) is 2.58. The number of hydrogen-bond donors (Lipinski definition) is 2. The van der Waals surface area contributed by atoms with Crippen LogP contribution < -0.4 is 15.4 Å². The van der Waals surface area contributed by atoms with E-state index in [0.717, 1.165) is 5.56 Å². The van der Waals surface area contributed by atoms with Crippen molar-refractivity contribution in [3.8, 4) is 16.9 Å². The highest BCUT2D eigenvalue weighted by Crippen LogP contribution is 2.36. The molecule has 0 spiro atoms. The molecule has 194 valence electrons. The first kappa shape index (κ1) is 27.2. The van der Waals surface area contributed by atoms with Crippen molar-refractivity contribution >= 4 is 63.0 Å². The van der Waals surface area contributed by atoms with E-state index in [9.17, 15) is 14.4 Å². The quantitative estimate of drug-likeness (QED) is 0.209. The summed E-state index contributed by atoms with van der Waals surface area (Å²) in [7, 11) is 0. The van der Waals surface area contributed by atoms with Crippen molar-refractivity contribution in [3.63, 3.8) is 0 Å². The number of hydrogen-bond acceptors (Lipinski definition) is 6. The summed E-state index contributed by atoms with van der Waals surface area (Å²) in [6.07, 6.45) is 0. The maximum absolute atomic E-state index is 12.7. The molecular weight excluding hydrogens is 547 g/mol. The number of halogens is 2. The Bertz CT molecular complexity index is 1460. The second kappa shape index (κ2) is 12.6. The van der Waals surface area contributed by atoms with Crippen LogP contribution in [0.3, 0.4) is 0 Å². The monoisotopic (exact) mass is 568 g/mol. The molecule has 0 radical (unpaired) electrons. The average Bonchev–Trinajstić information content (AvgIpc) is 3.34. The van der Waals surface area contributed by atoms with Gasteiger partial charge in [0.15, 0.2) is 6.61 Å². The molecule has 10 heteroatoms. The zero-order chi connectivity index (χ0) is 27.1. The third-order valence-electron chi connectivity index (χ3n) is 5.27. The Morgan fingerprint density at radius 1 is 0.921 bits per heavy atom. The molecular formula is C28H22Cl2N2O5S. The number of anilines is 2. The van der Waals surface area contributed by atoms with Crippen molar-refractivity contribution in [2.45, 2.75) is 6.92 Å². The molecule has 38 heavy (non-hydrogen) atoms. The van der Waals surface area contributed by atoms with Crippen LogP contribution in [0.2, 0.25) is 10.0 Å². The van der Waals surface area contributed by atoms with Gasteiger partial charge < -0.3 is 20.1 Å². The smallest absolute Gasteiger partial charge is 0.341 e. The van der Waals surface area contributed by atoms with Crippen LogP contribution in [0.4, 0.5) is 10.7 Å². The van der Waals surface area contributed by atoms with E-state index in [0.29, 0.717) is 43.2 Å². The van der Waals surface area contributed by atoms with Crippen molar-refractivity contribution in [1.82, 2.24) is 0 Å². The highest BCUT2D eigenvalue weighted by Gasteiger charge is 2.23. The van der Waals surface area contributed by atoms with Crippen molar-refractivity contribution in [2.75, 3.05) is 23.8 Å². The normalized spacial score (nSPS) is 10.5. The molecule has 0 aliphatic carbocycles. The topological polar surface area (TPSA) is 93.7 Å². The number of esters is 1. The lowest BCUT2D eigenvalue weighted by Gasteiger charge is -2.10. The fourth-order valence-corrected chi connectivity index (χ4v) is 4.80. The van der Waals surface area contributed by atoms with Gasteiger partial charge in [-0.05, 0) is 55.0 Å². The molecule has 0 aliphatic heterocycles. The van der Waals surface area contributed by atoms with E-state index in [-0.39, 0.29) is 19.1 Å². The Kier molecular flexibility index (Phi) is 9.02. The molecule has 3 aromatic carbocycles. The Labute approximate surface area is 233 Å². The van der Waals surface area contributed by atoms with Gasteiger partial charge in [0.1, 0.15) is 16.3 Å². The molecule has 7 nitrogen and oxygen atoms in total. The first-order valence-corrected chi connectivity index (χ1v) is 13.1. The second-order valence-corrected chi connectivity index (χ2v) is 9.60. The molecule has 0 saturated carbocycles. The van der Waals surface area contributed by atoms with Gasteiger partial charge in [-0.1, -0.05) is 53.5 Å². The maximum atomic E-state index is 12.7. The Hall–Kier alpha value is -3.85. The zero-order valence-corrected chi connectivity index (χ0v) is 22.5. The molecule has 4 aromatic rings. The van der Waals surface area contributed by atoms with Gasteiger partial charge in [-0.3, -0.25) is 9.59 Å². The van der Waals surface area contributed by atoms with E-state index < -0.39 is 11.9 Å². The summed E-state index contributed by atoms with van der Waals surface area (Å²) in [5.74, 6) is -0.956. The van der Waals surface area contributed by atoms with Crippen LogP contribution in [0.1, 0.15) is 27.6 Å². The number of benzene rings is 3. The van der Waals surface area contributed by atoms with Crippen LogP contribution in [-0.4, -0.2) is 31.0 Å². The minimum atomic E-state index is -0.517. The lowest BCUT2D eigenvalue weighted by molar-refractivity contribution is -0.118. The number of carbonyl (C=O) groups is 3. The van der Waals surface area contributed by atoms with Crippen molar-refractivity contribution in [2.24, 2.45) is 0 Å². The van der Waals surface area contributed by atoms with Crippen LogP contribution in [0.15, 0.2) is 78.2 Å². The summed E-state index contributed by atoms with van der Waals surface area (Å²) >= 11 is 13.3. The number of nitrogens with one attached hydrogen (secondary N) is 2. The van der Waals surface area contributed by atoms with Gasteiger partial charge in [0, 0.05) is 21.5 Å². The first-order valence-electron chi connectivity index (χ1n) is 11.5. The number of rotatable bonds is 9. The van der Waals surface area contributed by atoms with Gasteiger partial charge in [0.25, 0.3) is 11.8 Å². The molecule has 4 rings (SSSR count). The molecule has 0 atom stereocenters. The molecule has 1 heterocycles. The second-order valence-electron chi connectivity index (χ2n) is 7.88. The SMILES string of the molecule is CCOC(=O)c1c(-c2ccccc2)csc1NC(=O)COc1ccc(C(=O)Nc2cc(Cl)ccc2Cl)cc1. The molecule has 2 amide bonds. The van der Waals surface area contributed by atoms with E-state index in [1.165, 1.54) is 11.3 Å². The fourth-order valence-electron chi connectivity index (χ4n) is 3.49. The summed E-state index contributed by atoms with van der Waals surface area (Å²) in [4.78, 5) is 37.8. The van der Waals surface area contributed by atoms with Gasteiger partial charge in [-0.15, -0.1) is 11.3 Å². The first-order chi connectivity index (χ1) is 18.4. The zero-order valence-electron chi connectivity index (χ0n) is 20.1. The van der Waals surface area contributed by atoms with Crippen LogP contribution in [0.25, 0.3) is 11.1 Å². The Morgan fingerprint density at radius 3 is 2.37 bits per heavy atom. The van der Waals surface area contributed by atoms with Crippen LogP contribution in [-0.2, 0) is 9.53 Å². The third-order valence-corrected chi connectivity index (χ3v) is 6.73. The summed E-state index contributed by atoms with van der Waals surface area (Å²) in [5, 5.41) is 8.44. The third kappa shape index (κ3) is 6.72. The largest absolute Gasteiger partial charge is 0.484 e. The standard InChI is InChI=1S/C28H22Cl2N2O5S/c1-2-36-28(35)25-21(17-6-4-3-5-7-17)16-38-27(25)32-24(33)15-37-20-11-8-18(9-12-20)26(34)31-23-14-19(29)10-13-22(23)30/h3-14,16H,2,15H2,1H3,(H,31,34)(H,32,33). The molecule has 0 unspecified atom stereocenters. The number of thiophene rings is 1. The van der Waals surface area contributed by atoms with E-state index in [4.69, 9.17) is 32.7 Å².